The van der Waals surface area contributed by atoms with Gasteiger partial charge in [0, 0.05) is 18.0 Å². The molecule has 0 bridgehead atoms. The highest BCUT2D eigenvalue weighted by Gasteiger charge is 2.26. The first-order valence-corrected chi connectivity index (χ1v) is 7.78. The molecule has 0 aliphatic heterocycles. The van der Waals surface area contributed by atoms with Gasteiger partial charge in [0.2, 0.25) is 0 Å². The molecule has 6 heteroatoms. The van der Waals surface area contributed by atoms with Gasteiger partial charge in [-0.1, -0.05) is 6.92 Å². The number of nitrogens with zero attached hydrogens (tertiary/aromatic N) is 1. The summed E-state index contributed by atoms with van der Waals surface area (Å²) in [7, 11) is -1.83. The van der Waals surface area contributed by atoms with Gasteiger partial charge in [0.05, 0.1) is 6.61 Å². The van der Waals surface area contributed by atoms with E-state index in [1.165, 1.54) is 4.31 Å². The fraction of sp³-hybridized carbons (Fsp3) is 0.636. The van der Waals surface area contributed by atoms with Crippen LogP contribution >= 0.6 is 11.3 Å². The molecule has 0 spiro atoms. The molecule has 1 heterocycles. The molecule has 0 saturated carbocycles. The number of aryl methyl sites for hydroxylation is 1. The van der Waals surface area contributed by atoms with Gasteiger partial charge in [-0.15, -0.1) is 11.3 Å². The summed E-state index contributed by atoms with van der Waals surface area (Å²) in [5.74, 6) is 0. The average Bonchev–Trinajstić information content (AvgIpc) is 2.69. The minimum absolute atomic E-state index is 0.0278. The highest BCUT2D eigenvalue weighted by Crippen LogP contribution is 2.29. The van der Waals surface area contributed by atoms with Crippen LogP contribution in [0.4, 0.5) is 0 Å². The predicted octanol–water partition coefficient (Wildman–Crippen LogP) is 1.97. The Morgan fingerprint density at radius 3 is 2.53 bits per heavy atom. The average molecular weight is 277 g/mol. The largest absolute Gasteiger partial charge is 0.391 e. The van der Waals surface area contributed by atoms with E-state index < -0.39 is 10.0 Å². The van der Waals surface area contributed by atoms with Crippen molar-refractivity contribution < 1.29 is 13.5 Å². The zero-order valence-electron chi connectivity index (χ0n) is 10.6. The van der Waals surface area contributed by atoms with Crippen molar-refractivity contribution in [3.8, 4) is 0 Å². The van der Waals surface area contributed by atoms with Crippen molar-refractivity contribution in [2.24, 2.45) is 0 Å². The number of sulfonamides is 1. The highest BCUT2D eigenvalue weighted by molar-refractivity contribution is 7.91. The van der Waals surface area contributed by atoms with E-state index >= 15 is 0 Å². The Morgan fingerprint density at radius 1 is 1.53 bits per heavy atom. The number of hydrogen-bond donors (Lipinski definition) is 1. The van der Waals surface area contributed by atoms with E-state index in [1.54, 1.807) is 13.1 Å². The van der Waals surface area contributed by atoms with E-state index in [4.69, 9.17) is 5.11 Å². The number of hydrogen-bond acceptors (Lipinski definition) is 4. The van der Waals surface area contributed by atoms with Crippen molar-refractivity contribution in [2.75, 3.05) is 7.05 Å². The van der Waals surface area contributed by atoms with E-state index in [0.29, 0.717) is 9.09 Å². The van der Waals surface area contributed by atoms with Crippen LogP contribution in [0.1, 0.15) is 30.7 Å². The molecule has 0 fully saturated rings. The smallest absolute Gasteiger partial charge is 0.252 e. The van der Waals surface area contributed by atoms with E-state index in [2.05, 4.69) is 0 Å². The fourth-order valence-electron chi connectivity index (χ4n) is 1.41. The lowest BCUT2D eigenvalue weighted by Gasteiger charge is -2.22. The first-order valence-electron chi connectivity index (χ1n) is 5.52. The third-order valence-corrected chi connectivity index (χ3v) is 6.63. The Bertz CT molecular complexity index is 479. The van der Waals surface area contributed by atoms with Gasteiger partial charge in [-0.05, 0) is 31.9 Å². The van der Waals surface area contributed by atoms with Crippen LogP contribution in [-0.4, -0.2) is 30.9 Å². The van der Waals surface area contributed by atoms with E-state index in [0.717, 1.165) is 23.3 Å². The fourth-order valence-corrected chi connectivity index (χ4v) is 4.48. The monoisotopic (exact) mass is 277 g/mol. The third kappa shape index (κ3) is 2.88. The quantitative estimate of drug-likeness (QED) is 0.895. The van der Waals surface area contributed by atoms with Crippen LogP contribution in [-0.2, 0) is 16.6 Å². The molecule has 4 nitrogen and oxygen atoms in total. The maximum atomic E-state index is 12.3. The Kier molecular flexibility index (Phi) is 4.71. The lowest BCUT2D eigenvalue weighted by atomic mass is 10.3. The minimum Gasteiger partial charge on any atom is -0.391 e. The molecule has 0 aliphatic carbocycles. The Labute approximate surface area is 107 Å². The van der Waals surface area contributed by atoms with Crippen LogP contribution in [0.25, 0.3) is 0 Å². The number of rotatable bonds is 5. The van der Waals surface area contributed by atoms with Gasteiger partial charge in [0.25, 0.3) is 10.0 Å². The number of thiophene rings is 1. The Balaban J connectivity index is 3.13. The molecule has 1 aromatic heterocycles. The molecule has 1 N–H and O–H groups in total. The SMILES string of the molecule is CCC(C)N(C)S(=O)(=O)c1cc(C)c(CO)s1. The van der Waals surface area contributed by atoms with Gasteiger partial charge in [0.1, 0.15) is 4.21 Å². The number of aliphatic hydroxyl groups excluding tert-OH is 1. The van der Waals surface area contributed by atoms with E-state index in [-0.39, 0.29) is 12.6 Å². The molecular weight excluding hydrogens is 258 g/mol. The molecule has 1 unspecified atom stereocenters. The summed E-state index contributed by atoms with van der Waals surface area (Å²) >= 11 is 1.14. The normalized spacial score (nSPS) is 14.2. The highest BCUT2D eigenvalue weighted by atomic mass is 32.2. The van der Waals surface area contributed by atoms with Crippen molar-refractivity contribution in [1.82, 2.24) is 4.31 Å². The molecule has 0 saturated heterocycles. The summed E-state index contributed by atoms with van der Waals surface area (Å²) in [5.41, 5.74) is 0.827. The molecular formula is C11H19NO3S2. The first-order chi connectivity index (χ1) is 7.84. The van der Waals surface area contributed by atoms with Crippen molar-refractivity contribution >= 4 is 21.4 Å². The summed E-state index contributed by atoms with van der Waals surface area (Å²) in [6.45, 7) is 5.53. The van der Waals surface area contributed by atoms with Gasteiger partial charge < -0.3 is 5.11 Å². The Hall–Kier alpha value is -0.430. The standard InChI is InChI=1S/C11H19NO3S2/c1-5-9(3)12(4)17(14,15)11-6-8(2)10(7-13)16-11/h6,9,13H,5,7H2,1-4H3. The molecule has 0 aliphatic rings. The van der Waals surface area contributed by atoms with Crippen LogP contribution in [0.5, 0.6) is 0 Å². The zero-order valence-corrected chi connectivity index (χ0v) is 12.2. The van der Waals surface area contributed by atoms with Crippen LogP contribution in [0.15, 0.2) is 10.3 Å². The second-order valence-corrected chi connectivity index (χ2v) is 7.47. The zero-order chi connectivity index (χ0) is 13.2. The topological polar surface area (TPSA) is 57.6 Å². The van der Waals surface area contributed by atoms with E-state index in [9.17, 15) is 8.42 Å². The van der Waals surface area contributed by atoms with Crippen LogP contribution < -0.4 is 0 Å². The van der Waals surface area contributed by atoms with Crippen LogP contribution in [0, 0.1) is 6.92 Å². The van der Waals surface area contributed by atoms with E-state index in [1.807, 2.05) is 20.8 Å². The molecule has 0 aromatic carbocycles. The maximum absolute atomic E-state index is 12.3. The molecule has 0 amide bonds. The summed E-state index contributed by atoms with van der Waals surface area (Å²) in [6, 6.07) is 1.60. The molecule has 1 rings (SSSR count). The molecule has 1 aromatic rings. The number of aliphatic hydroxyl groups is 1. The van der Waals surface area contributed by atoms with Gasteiger partial charge >= 0.3 is 0 Å². The third-order valence-electron chi connectivity index (χ3n) is 2.99. The van der Waals surface area contributed by atoms with Crippen LogP contribution in [0.3, 0.4) is 0 Å². The van der Waals surface area contributed by atoms with Gasteiger partial charge in [-0.2, -0.15) is 4.31 Å². The second kappa shape index (κ2) is 5.48. The molecule has 17 heavy (non-hydrogen) atoms. The van der Waals surface area contributed by atoms with Crippen molar-refractivity contribution in [1.29, 1.82) is 0 Å². The summed E-state index contributed by atoms with van der Waals surface area (Å²) in [5, 5.41) is 9.09. The lowest BCUT2D eigenvalue weighted by molar-refractivity contribution is 0.285. The Morgan fingerprint density at radius 2 is 2.12 bits per heavy atom. The van der Waals surface area contributed by atoms with Crippen molar-refractivity contribution in [3.05, 3.63) is 16.5 Å². The second-order valence-electron chi connectivity index (χ2n) is 4.11. The lowest BCUT2D eigenvalue weighted by Crippen LogP contribution is -2.34. The van der Waals surface area contributed by atoms with Gasteiger partial charge in [-0.25, -0.2) is 8.42 Å². The maximum Gasteiger partial charge on any atom is 0.252 e. The molecule has 1 atom stereocenters. The summed E-state index contributed by atoms with van der Waals surface area (Å²) in [6.07, 6.45) is 0.771. The molecule has 0 radical (unpaired) electrons. The van der Waals surface area contributed by atoms with Gasteiger partial charge in [0.15, 0.2) is 0 Å². The predicted molar refractivity (Wildman–Crippen MR) is 69.7 cm³/mol. The summed E-state index contributed by atoms with van der Waals surface area (Å²) < 4.78 is 26.2. The van der Waals surface area contributed by atoms with Crippen LogP contribution in [0.2, 0.25) is 0 Å². The first kappa shape index (κ1) is 14.6. The van der Waals surface area contributed by atoms with Gasteiger partial charge in [-0.3, -0.25) is 0 Å². The summed E-state index contributed by atoms with van der Waals surface area (Å²) in [4.78, 5) is 0.709. The minimum atomic E-state index is -3.42. The van der Waals surface area contributed by atoms with Crippen molar-refractivity contribution in [3.63, 3.8) is 0 Å². The molecule has 98 valence electrons. The van der Waals surface area contributed by atoms with Crippen molar-refractivity contribution in [2.45, 2.75) is 44.0 Å².